The zero-order valence-electron chi connectivity index (χ0n) is 9.91. The molecule has 0 heterocycles. The molecule has 2 nitrogen and oxygen atoms in total. The van der Waals surface area contributed by atoms with E-state index in [0.717, 1.165) is 11.3 Å². The first-order chi connectivity index (χ1) is 8.58. The highest BCUT2D eigenvalue weighted by Gasteiger charge is 2.06. The van der Waals surface area contributed by atoms with Crippen LogP contribution in [0.2, 0.25) is 0 Å². The third kappa shape index (κ3) is 2.65. The number of aryl methyl sites for hydroxylation is 1. The van der Waals surface area contributed by atoms with Crippen molar-refractivity contribution >= 4 is 28.6 Å². The lowest BCUT2D eigenvalue weighted by atomic mass is 10.1. The second-order valence-electron chi connectivity index (χ2n) is 4.00. The van der Waals surface area contributed by atoms with Crippen LogP contribution in [0, 0.1) is 12.7 Å². The highest BCUT2D eigenvalue weighted by molar-refractivity contribution is 7.80. The van der Waals surface area contributed by atoms with E-state index in [1.54, 1.807) is 12.1 Å². The topological polar surface area (TPSA) is 38.0 Å². The molecule has 0 aromatic heterocycles. The molecule has 3 N–H and O–H groups in total. The van der Waals surface area contributed by atoms with E-state index in [2.05, 4.69) is 5.32 Å². The molecule has 0 radical (unpaired) electrons. The van der Waals surface area contributed by atoms with Crippen LogP contribution in [0.25, 0.3) is 0 Å². The van der Waals surface area contributed by atoms with Gasteiger partial charge in [0.25, 0.3) is 0 Å². The lowest BCUT2D eigenvalue weighted by Crippen LogP contribution is -2.11. The van der Waals surface area contributed by atoms with Gasteiger partial charge in [0.2, 0.25) is 0 Å². The predicted molar refractivity (Wildman–Crippen MR) is 76.7 cm³/mol. The number of thiocarbonyl (C=S) groups is 1. The van der Waals surface area contributed by atoms with Crippen molar-refractivity contribution in [3.05, 3.63) is 59.4 Å². The smallest absolute Gasteiger partial charge is 0.135 e. The molecule has 2 rings (SSSR count). The molecule has 2 aromatic carbocycles. The minimum Gasteiger partial charge on any atom is -0.389 e. The monoisotopic (exact) mass is 260 g/mol. The van der Waals surface area contributed by atoms with E-state index in [-0.39, 0.29) is 10.6 Å². The molecule has 0 atom stereocenters. The number of para-hydroxylation sites is 1. The Balaban J connectivity index is 2.29. The van der Waals surface area contributed by atoms with Gasteiger partial charge in [0, 0.05) is 16.9 Å². The molecule has 4 heteroatoms. The highest BCUT2D eigenvalue weighted by Crippen LogP contribution is 2.21. The van der Waals surface area contributed by atoms with Crippen molar-refractivity contribution in [3.63, 3.8) is 0 Å². The number of hydrogen-bond acceptors (Lipinski definition) is 2. The third-order valence-electron chi connectivity index (χ3n) is 2.66. The quantitative estimate of drug-likeness (QED) is 0.829. The third-order valence-corrected chi connectivity index (χ3v) is 2.88. The standard InChI is InChI=1S/C14H13FN2S/c1-9-4-2-3-5-13(9)17-10-6-7-11(14(16)18)12(15)8-10/h2-8,17H,1H3,(H2,16,18). The molecule has 0 amide bonds. The molecule has 0 aliphatic rings. The SMILES string of the molecule is Cc1ccccc1Nc1ccc(C(N)=S)c(F)c1. The summed E-state index contributed by atoms with van der Waals surface area (Å²) in [7, 11) is 0. The fourth-order valence-corrected chi connectivity index (χ4v) is 1.83. The van der Waals surface area contributed by atoms with E-state index in [1.165, 1.54) is 6.07 Å². The number of nitrogens with two attached hydrogens (primary N) is 1. The summed E-state index contributed by atoms with van der Waals surface area (Å²) in [5.41, 5.74) is 8.38. The van der Waals surface area contributed by atoms with Crippen LogP contribution >= 0.6 is 12.2 Å². The molecule has 18 heavy (non-hydrogen) atoms. The summed E-state index contributed by atoms with van der Waals surface area (Å²) in [4.78, 5) is 0.0648. The van der Waals surface area contributed by atoms with Crippen LogP contribution in [0.1, 0.15) is 11.1 Å². The Morgan fingerprint density at radius 3 is 2.56 bits per heavy atom. The average molecular weight is 260 g/mol. The normalized spacial score (nSPS) is 10.1. The van der Waals surface area contributed by atoms with Crippen LogP contribution in [-0.2, 0) is 0 Å². The van der Waals surface area contributed by atoms with Gasteiger partial charge in [-0.1, -0.05) is 30.4 Å². The number of halogens is 1. The van der Waals surface area contributed by atoms with Crippen LogP contribution < -0.4 is 11.1 Å². The molecule has 92 valence electrons. The summed E-state index contributed by atoms with van der Waals surface area (Å²) < 4.78 is 13.7. The van der Waals surface area contributed by atoms with Gasteiger partial charge in [0.1, 0.15) is 10.8 Å². The zero-order valence-corrected chi connectivity index (χ0v) is 10.7. The second kappa shape index (κ2) is 5.14. The van der Waals surface area contributed by atoms with Crippen molar-refractivity contribution in [1.82, 2.24) is 0 Å². The number of benzene rings is 2. The fourth-order valence-electron chi connectivity index (χ4n) is 1.66. The van der Waals surface area contributed by atoms with Gasteiger partial charge in [0.05, 0.1) is 0 Å². The number of rotatable bonds is 3. The van der Waals surface area contributed by atoms with Gasteiger partial charge >= 0.3 is 0 Å². The molecule has 0 saturated heterocycles. The summed E-state index contributed by atoms with van der Waals surface area (Å²) in [6.45, 7) is 1.99. The maximum atomic E-state index is 13.7. The molecule has 0 fully saturated rings. The van der Waals surface area contributed by atoms with E-state index in [9.17, 15) is 4.39 Å². The molecule has 0 aliphatic carbocycles. The maximum absolute atomic E-state index is 13.7. The van der Waals surface area contributed by atoms with Gasteiger partial charge in [-0.25, -0.2) is 4.39 Å². The molecule has 0 bridgehead atoms. The van der Waals surface area contributed by atoms with Crippen LogP contribution in [0.3, 0.4) is 0 Å². The molecule has 0 spiro atoms. The Morgan fingerprint density at radius 2 is 1.94 bits per heavy atom. The minimum absolute atomic E-state index is 0.0648. The lowest BCUT2D eigenvalue weighted by Gasteiger charge is -2.10. The van der Waals surface area contributed by atoms with E-state index in [1.807, 2.05) is 31.2 Å². The van der Waals surface area contributed by atoms with E-state index in [0.29, 0.717) is 5.69 Å². The molecule has 0 saturated carbocycles. The lowest BCUT2D eigenvalue weighted by molar-refractivity contribution is 0.626. The summed E-state index contributed by atoms with van der Waals surface area (Å²) in [5.74, 6) is -0.416. The van der Waals surface area contributed by atoms with Gasteiger partial charge in [-0.3, -0.25) is 0 Å². The molecular weight excluding hydrogens is 247 g/mol. The van der Waals surface area contributed by atoms with Gasteiger partial charge in [-0.05, 0) is 36.8 Å². The summed E-state index contributed by atoms with van der Waals surface area (Å²) in [5, 5.41) is 3.16. The first-order valence-electron chi connectivity index (χ1n) is 5.50. The van der Waals surface area contributed by atoms with Crippen LogP contribution in [0.15, 0.2) is 42.5 Å². The fraction of sp³-hybridized carbons (Fsp3) is 0.0714. The molecular formula is C14H13FN2S. The van der Waals surface area contributed by atoms with E-state index in [4.69, 9.17) is 18.0 Å². The van der Waals surface area contributed by atoms with Crippen LogP contribution in [0.4, 0.5) is 15.8 Å². The van der Waals surface area contributed by atoms with Crippen molar-refractivity contribution in [2.24, 2.45) is 5.73 Å². The van der Waals surface area contributed by atoms with Crippen molar-refractivity contribution < 1.29 is 4.39 Å². The summed E-state index contributed by atoms with van der Waals surface area (Å²) in [6, 6.07) is 12.5. The maximum Gasteiger partial charge on any atom is 0.135 e. The highest BCUT2D eigenvalue weighted by atomic mass is 32.1. The minimum atomic E-state index is -0.416. The van der Waals surface area contributed by atoms with Crippen LogP contribution in [-0.4, -0.2) is 4.99 Å². The Bertz CT molecular complexity index is 596. The predicted octanol–water partition coefficient (Wildman–Crippen LogP) is 3.51. The van der Waals surface area contributed by atoms with E-state index < -0.39 is 5.82 Å². The molecule has 2 aromatic rings. The largest absolute Gasteiger partial charge is 0.389 e. The Kier molecular flexibility index (Phi) is 3.58. The van der Waals surface area contributed by atoms with Gasteiger partial charge in [-0.15, -0.1) is 0 Å². The van der Waals surface area contributed by atoms with Gasteiger partial charge < -0.3 is 11.1 Å². The Labute approximate surface area is 111 Å². The van der Waals surface area contributed by atoms with Crippen molar-refractivity contribution in [1.29, 1.82) is 0 Å². The van der Waals surface area contributed by atoms with Crippen molar-refractivity contribution in [2.45, 2.75) is 6.92 Å². The first-order valence-corrected chi connectivity index (χ1v) is 5.91. The average Bonchev–Trinajstić information content (AvgIpc) is 2.32. The second-order valence-corrected chi connectivity index (χ2v) is 4.44. The van der Waals surface area contributed by atoms with E-state index >= 15 is 0 Å². The van der Waals surface area contributed by atoms with Gasteiger partial charge in [-0.2, -0.15) is 0 Å². The van der Waals surface area contributed by atoms with Crippen LogP contribution in [0.5, 0.6) is 0 Å². The zero-order chi connectivity index (χ0) is 13.1. The Morgan fingerprint density at radius 1 is 1.22 bits per heavy atom. The number of hydrogen-bond donors (Lipinski definition) is 2. The van der Waals surface area contributed by atoms with Crippen molar-refractivity contribution in [2.75, 3.05) is 5.32 Å². The number of anilines is 2. The molecule has 0 unspecified atom stereocenters. The van der Waals surface area contributed by atoms with Gasteiger partial charge in [0.15, 0.2) is 0 Å². The number of nitrogens with one attached hydrogen (secondary N) is 1. The Hall–Kier alpha value is -1.94. The van der Waals surface area contributed by atoms with Crippen molar-refractivity contribution in [3.8, 4) is 0 Å². The molecule has 0 aliphatic heterocycles. The summed E-state index contributed by atoms with van der Waals surface area (Å²) >= 11 is 4.76. The first kappa shape index (κ1) is 12.5. The summed E-state index contributed by atoms with van der Waals surface area (Å²) in [6.07, 6.45) is 0.